The van der Waals surface area contributed by atoms with Gasteiger partial charge in [0.15, 0.2) is 0 Å². The van der Waals surface area contributed by atoms with Gasteiger partial charge in [0, 0.05) is 11.6 Å². The highest BCUT2D eigenvalue weighted by Crippen LogP contribution is 2.27. The highest BCUT2D eigenvalue weighted by molar-refractivity contribution is 6.31. The molecule has 1 heterocycles. The van der Waals surface area contributed by atoms with Crippen LogP contribution in [0.25, 0.3) is 10.9 Å². The Bertz CT molecular complexity index is 1130. The Morgan fingerprint density at radius 2 is 1.89 bits per heavy atom. The Kier molecular flexibility index (Phi) is 5.32. The lowest BCUT2D eigenvalue weighted by Crippen LogP contribution is -2.41. The number of aromatic nitrogens is 2. The number of ether oxygens (including phenoxy) is 1. The van der Waals surface area contributed by atoms with Crippen LogP contribution in [0.2, 0.25) is 5.02 Å². The van der Waals surface area contributed by atoms with Crippen LogP contribution in [0.5, 0.6) is 5.75 Å². The number of rotatable bonds is 5. The number of hydrogen-bond donors (Lipinski definition) is 1. The fourth-order valence-corrected chi connectivity index (χ4v) is 3.09. The van der Waals surface area contributed by atoms with Gasteiger partial charge in [0.2, 0.25) is 5.91 Å². The van der Waals surface area contributed by atoms with Crippen LogP contribution in [0.1, 0.15) is 6.92 Å². The number of carbonyl (C=O) groups is 1. The number of carbonyl (C=O) groups excluding carboxylic acids is 1. The molecule has 0 aliphatic heterocycles. The Morgan fingerprint density at radius 1 is 1.15 bits per heavy atom. The molecular formula is C19H18ClN3O4. The lowest BCUT2D eigenvalue weighted by atomic mass is 10.2. The number of methoxy groups -OCH3 is 1. The molecule has 8 heteroatoms. The average molecular weight is 388 g/mol. The van der Waals surface area contributed by atoms with E-state index in [1.165, 1.54) is 11.7 Å². The third-order valence-electron chi connectivity index (χ3n) is 4.19. The van der Waals surface area contributed by atoms with E-state index in [1.54, 1.807) is 49.4 Å². The minimum absolute atomic E-state index is 0.215. The molecule has 0 spiro atoms. The van der Waals surface area contributed by atoms with Gasteiger partial charge in [-0.25, -0.2) is 4.79 Å². The summed E-state index contributed by atoms with van der Waals surface area (Å²) in [4.78, 5) is 37.7. The van der Waals surface area contributed by atoms with Crippen molar-refractivity contribution < 1.29 is 9.53 Å². The van der Waals surface area contributed by atoms with Crippen LogP contribution in [0.15, 0.2) is 52.1 Å². The van der Waals surface area contributed by atoms with E-state index in [9.17, 15) is 14.4 Å². The topological polar surface area (TPSA) is 82.3 Å². The Morgan fingerprint density at radius 3 is 2.59 bits per heavy atom. The first-order chi connectivity index (χ1) is 13.0. The van der Waals surface area contributed by atoms with Gasteiger partial charge >= 0.3 is 5.69 Å². The third kappa shape index (κ3) is 3.59. The lowest BCUT2D eigenvalue weighted by Gasteiger charge is -2.14. The molecule has 7 nitrogen and oxygen atoms in total. The molecule has 2 aromatic carbocycles. The molecule has 1 N–H and O–H groups in total. The van der Waals surface area contributed by atoms with E-state index in [1.807, 2.05) is 0 Å². The number of nitrogens with one attached hydrogen (secondary N) is 1. The van der Waals surface area contributed by atoms with E-state index in [4.69, 9.17) is 16.3 Å². The van der Waals surface area contributed by atoms with E-state index < -0.39 is 11.6 Å². The first kappa shape index (κ1) is 18.7. The molecule has 0 aliphatic rings. The quantitative estimate of drug-likeness (QED) is 0.729. The summed E-state index contributed by atoms with van der Waals surface area (Å²) in [6, 6.07) is 11.6. The monoisotopic (exact) mass is 387 g/mol. The van der Waals surface area contributed by atoms with Crippen LogP contribution < -0.4 is 21.3 Å². The van der Waals surface area contributed by atoms with Crippen LogP contribution in [-0.2, 0) is 17.9 Å². The molecule has 0 atom stereocenters. The van der Waals surface area contributed by atoms with Gasteiger partial charge in [0.1, 0.15) is 12.3 Å². The highest BCUT2D eigenvalue weighted by atomic mass is 35.5. The minimum Gasteiger partial charge on any atom is -0.495 e. The summed E-state index contributed by atoms with van der Waals surface area (Å²) < 4.78 is 7.60. The number of anilines is 1. The molecule has 3 rings (SSSR count). The van der Waals surface area contributed by atoms with Gasteiger partial charge in [-0.1, -0.05) is 23.7 Å². The maximum Gasteiger partial charge on any atom is 0.331 e. The Hall–Kier alpha value is -3.06. The fraction of sp³-hybridized carbons (Fsp3) is 0.211. The SMILES string of the molecule is CCn1c(=O)c2ccccc2n(CC(=O)Nc2cc(Cl)ccc2OC)c1=O. The van der Waals surface area contributed by atoms with Gasteiger partial charge in [0.25, 0.3) is 5.56 Å². The summed E-state index contributed by atoms with van der Waals surface area (Å²) in [7, 11) is 1.48. The van der Waals surface area contributed by atoms with E-state index >= 15 is 0 Å². The molecule has 140 valence electrons. The van der Waals surface area contributed by atoms with Crippen LogP contribution in [-0.4, -0.2) is 22.2 Å². The summed E-state index contributed by atoms with van der Waals surface area (Å²) in [5.41, 5.74) is -0.0951. The average Bonchev–Trinajstić information content (AvgIpc) is 2.66. The van der Waals surface area contributed by atoms with E-state index in [2.05, 4.69) is 5.32 Å². The van der Waals surface area contributed by atoms with Crippen molar-refractivity contribution in [2.24, 2.45) is 0 Å². The molecule has 0 bridgehead atoms. The van der Waals surface area contributed by atoms with E-state index in [0.29, 0.717) is 27.4 Å². The second-order valence-electron chi connectivity index (χ2n) is 5.83. The number of para-hydroxylation sites is 1. The number of benzene rings is 2. The summed E-state index contributed by atoms with van der Waals surface area (Å²) in [5, 5.41) is 3.52. The molecule has 27 heavy (non-hydrogen) atoms. The van der Waals surface area contributed by atoms with Crippen molar-refractivity contribution in [1.29, 1.82) is 0 Å². The van der Waals surface area contributed by atoms with Crippen LogP contribution in [0.3, 0.4) is 0 Å². The molecule has 0 fully saturated rings. The van der Waals surface area contributed by atoms with Crippen LogP contribution >= 0.6 is 11.6 Å². The van der Waals surface area contributed by atoms with Gasteiger partial charge < -0.3 is 10.1 Å². The Labute approximate surface area is 159 Å². The summed E-state index contributed by atoms with van der Waals surface area (Å²) in [6.45, 7) is 1.67. The normalized spacial score (nSPS) is 10.8. The third-order valence-corrected chi connectivity index (χ3v) is 4.42. The zero-order valence-electron chi connectivity index (χ0n) is 14.9. The number of nitrogens with zero attached hydrogens (tertiary/aromatic N) is 2. The van der Waals surface area contributed by atoms with Crippen molar-refractivity contribution in [1.82, 2.24) is 9.13 Å². The molecule has 1 amide bonds. The van der Waals surface area contributed by atoms with Gasteiger partial charge in [-0.15, -0.1) is 0 Å². The van der Waals surface area contributed by atoms with Crippen molar-refractivity contribution in [3.63, 3.8) is 0 Å². The first-order valence-electron chi connectivity index (χ1n) is 8.32. The van der Waals surface area contributed by atoms with Crippen molar-refractivity contribution in [2.45, 2.75) is 20.0 Å². The number of fused-ring (bicyclic) bond motifs is 1. The first-order valence-corrected chi connectivity index (χ1v) is 8.69. The number of hydrogen-bond acceptors (Lipinski definition) is 4. The van der Waals surface area contributed by atoms with Crippen molar-refractivity contribution in [2.75, 3.05) is 12.4 Å². The molecule has 0 saturated carbocycles. The molecule has 0 unspecified atom stereocenters. The highest BCUT2D eigenvalue weighted by Gasteiger charge is 2.15. The zero-order valence-corrected chi connectivity index (χ0v) is 15.6. The van der Waals surface area contributed by atoms with Crippen molar-refractivity contribution >= 4 is 34.1 Å². The second-order valence-corrected chi connectivity index (χ2v) is 6.26. The fourth-order valence-electron chi connectivity index (χ4n) is 2.91. The van der Waals surface area contributed by atoms with Crippen LogP contribution in [0.4, 0.5) is 5.69 Å². The molecule has 0 radical (unpaired) electrons. The van der Waals surface area contributed by atoms with Gasteiger partial charge in [-0.05, 0) is 37.3 Å². The van der Waals surface area contributed by atoms with E-state index in [0.717, 1.165) is 4.57 Å². The number of halogens is 1. The number of amides is 1. The van der Waals surface area contributed by atoms with Gasteiger partial charge in [-0.2, -0.15) is 0 Å². The molecular weight excluding hydrogens is 370 g/mol. The van der Waals surface area contributed by atoms with Crippen LogP contribution in [0, 0.1) is 0 Å². The largest absolute Gasteiger partial charge is 0.495 e. The minimum atomic E-state index is -0.533. The maximum atomic E-state index is 12.7. The Balaban J connectivity index is 2.02. The molecule has 1 aromatic heterocycles. The van der Waals surface area contributed by atoms with E-state index in [-0.39, 0.29) is 18.6 Å². The van der Waals surface area contributed by atoms with Gasteiger partial charge in [-0.3, -0.25) is 18.7 Å². The van der Waals surface area contributed by atoms with Gasteiger partial charge in [0.05, 0.1) is 23.7 Å². The lowest BCUT2D eigenvalue weighted by molar-refractivity contribution is -0.116. The summed E-state index contributed by atoms with van der Waals surface area (Å²) >= 11 is 5.98. The van der Waals surface area contributed by atoms with Crippen molar-refractivity contribution in [3.8, 4) is 5.75 Å². The molecule has 0 saturated heterocycles. The summed E-state index contributed by atoms with van der Waals surface area (Å²) in [6.07, 6.45) is 0. The smallest absolute Gasteiger partial charge is 0.331 e. The summed E-state index contributed by atoms with van der Waals surface area (Å²) in [5.74, 6) is 0.00704. The second kappa shape index (κ2) is 7.67. The standard InChI is InChI=1S/C19H18ClN3O4/c1-3-22-18(25)13-6-4-5-7-15(13)23(19(22)26)11-17(24)21-14-10-12(20)8-9-16(14)27-2/h4-10H,3,11H2,1-2H3,(H,21,24). The predicted molar refractivity (Wildman–Crippen MR) is 105 cm³/mol. The van der Waals surface area contributed by atoms with Crippen molar-refractivity contribution in [3.05, 3.63) is 68.3 Å². The molecule has 0 aliphatic carbocycles. The molecule has 3 aromatic rings. The predicted octanol–water partition coefficient (Wildman–Crippen LogP) is 2.48. The zero-order chi connectivity index (χ0) is 19.6. The maximum absolute atomic E-state index is 12.7.